The Labute approximate surface area is 124 Å². The van der Waals surface area contributed by atoms with Gasteiger partial charge in [0.25, 0.3) is 0 Å². The van der Waals surface area contributed by atoms with Crippen molar-refractivity contribution in [2.24, 2.45) is 11.8 Å². The molecule has 0 unspecified atom stereocenters. The van der Waals surface area contributed by atoms with E-state index in [0.717, 1.165) is 11.1 Å². The van der Waals surface area contributed by atoms with Crippen molar-refractivity contribution in [3.63, 3.8) is 0 Å². The summed E-state index contributed by atoms with van der Waals surface area (Å²) in [4.78, 5) is 0.405. The lowest BCUT2D eigenvalue weighted by molar-refractivity contribution is 0.333. The van der Waals surface area contributed by atoms with Crippen molar-refractivity contribution in [3.8, 4) is 0 Å². The Morgan fingerprint density at radius 1 is 0.950 bits per heavy atom. The maximum atomic E-state index is 12.8. The number of rotatable bonds is 6. The third-order valence-electron chi connectivity index (χ3n) is 3.25. The Balaban J connectivity index is 3.17. The molecule has 1 aromatic carbocycles. The van der Waals surface area contributed by atoms with E-state index in [4.69, 9.17) is 0 Å². The molecule has 20 heavy (non-hydrogen) atoms. The van der Waals surface area contributed by atoms with Gasteiger partial charge in [-0.2, -0.15) is 4.31 Å². The molecule has 0 fully saturated rings. The highest BCUT2D eigenvalue weighted by Crippen LogP contribution is 2.21. The summed E-state index contributed by atoms with van der Waals surface area (Å²) in [5, 5.41) is 0. The van der Waals surface area contributed by atoms with Crippen LogP contribution < -0.4 is 0 Å². The van der Waals surface area contributed by atoms with Gasteiger partial charge in [0.05, 0.1) is 4.90 Å². The van der Waals surface area contributed by atoms with Crippen molar-refractivity contribution < 1.29 is 8.42 Å². The van der Waals surface area contributed by atoms with Crippen LogP contribution in [0, 0.1) is 25.7 Å². The zero-order chi connectivity index (χ0) is 15.5. The van der Waals surface area contributed by atoms with Gasteiger partial charge >= 0.3 is 0 Å². The van der Waals surface area contributed by atoms with Crippen LogP contribution in [0.25, 0.3) is 0 Å². The molecule has 0 N–H and O–H groups in total. The molecule has 1 rings (SSSR count). The lowest BCUT2D eigenvalue weighted by Gasteiger charge is -2.26. The van der Waals surface area contributed by atoms with E-state index in [1.54, 1.807) is 16.4 Å². The lowest BCUT2D eigenvalue weighted by atomic mass is 10.1. The summed E-state index contributed by atoms with van der Waals surface area (Å²) in [6.45, 7) is 13.2. The predicted octanol–water partition coefficient (Wildman–Crippen LogP) is 3.61. The minimum atomic E-state index is -3.40. The maximum absolute atomic E-state index is 12.8. The van der Waals surface area contributed by atoms with E-state index in [-0.39, 0.29) is 0 Å². The maximum Gasteiger partial charge on any atom is 0.243 e. The lowest BCUT2D eigenvalue weighted by Crippen LogP contribution is -2.37. The summed E-state index contributed by atoms with van der Waals surface area (Å²) < 4.78 is 27.2. The normalized spacial score (nSPS) is 12.7. The summed E-state index contributed by atoms with van der Waals surface area (Å²) in [5.74, 6) is 0.630. The Morgan fingerprint density at radius 2 is 1.45 bits per heavy atom. The van der Waals surface area contributed by atoms with Crippen molar-refractivity contribution >= 4 is 10.0 Å². The summed E-state index contributed by atoms with van der Waals surface area (Å²) >= 11 is 0. The molecule has 1 aromatic rings. The van der Waals surface area contributed by atoms with Crippen LogP contribution in [0.4, 0.5) is 0 Å². The molecule has 0 radical (unpaired) electrons. The number of nitrogens with zero attached hydrogens (tertiary/aromatic N) is 1. The van der Waals surface area contributed by atoms with Crippen LogP contribution >= 0.6 is 0 Å². The number of aryl methyl sites for hydroxylation is 2. The van der Waals surface area contributed by atoms with E-state index in [2.05, 4.69) is 0 Å². The molecule has 0 saturated heterocycles. The van der Waals surface area contributed by atoms with Gasteiger partial charge in [0.15, 0.2) is 0 Å². The molecule has 4 heteroatoms. The molecule has 3 nitrogen and oxygen atoms in total. The van der Waals surface area contributed by atoms with Crippen LogP contribution in [0.15, 0.2) is 23.1 Å². The van der Waals surface area contributed by atoms with E-state index in [0.29, 0.717) is 29.8 Å². The molecule has 0 bridgehead atoms. The highest BCUT2D eigenvalue weighted by Gasteiger charge is 2.26. The highest BCUT2D eigenvalue weighted by atomic mass is 32.2. The zero-order valence-electron chi connectivity index (χ0n) is 13.5. The van der Waals surface area contributed by atoms with Crippen LogP contribution in [0.2, 0.25) is 0 Å². The Hall–Kier alpha value is -0.870. The number of hydrogen-bond donors (Lipinski definition) is 0. The van der Waals surface area contributed by atoms with Gasteiger partial charge < -0.3 is 0 Å². The highest BCUT2D eigenvalue weighted by molar-refractivity contribution is 7.89. The van der Waals surface area contributed by atoms with E-state index in [1.165, 1.54) is 0 Å². The van der Waals surface area contributed by atoms with E-state index < -0.39 is 10.0 Å². The molecule has 0 aliphatic rings. The molecular weight excluding hydrogens is 270 g/mol. The number of hydrogen-bond acceptors (Lipinski definition) is 2. The average molecular weight is 297 g/mol. The molecule has 0 aliphatic heterocycles. The van der Waals surface area contributed by atoms with Crippen LogP contribution in [0.5, 0.6) is 0 Å². The molecule has 0 amide bonds. The van der Waals surface area contributed by atoms with Gasteiger partial charge in [0.1, 0.15) is 0 Å². The topological polar surface area (TPSA) is 37.4 Å². The van der Waals surface area contributed by atoms with Gasteiger partial charge in [-0.05, 0) is 48.9 Å². The standard InChI is InChI=1S/C16H27NO2S/c1-12(2)10-17(11-13(3)4)20(18,19)16-8-7-14(5)15(6)9-16/h7-9,12-13H,10-11H2,1-6H3. The van der Waals surface area contributed by atoms with E-state index in [9.17, 15) is 8.42 Å². The monoisotopic (exact) mass is 297 g/mol. The average Bonchev–Trinajstić information content (AvgIpc) is 2.30. The van der Waals surface area contributed by atoms with Crippen LogP contribution in [-0.4, -0.2) is 25.8 Å². The number of benzene rings is 1. The van der Waals surface area contributed by atoms with Crippen LogP contribution in [0.3, 0.4) is 0 Å². The summed E-state index contributed by atoms with van der Waals surface area (Å²) in [5.41, 5.74) is 2.13. The van der Waals surface area contributed by atoms with Crippen molar-refractivity contribution in [1.29, 1.82) is 0 Å². The minimum Gasteiger partial charge on any atom is -0.207 e. The van der Waals surface area contributed by atoms with Gasteiger partial charge in [-0.25, -0.2) is 8.42 Å². The number of sulfonamides is 1. The summed E-state index contributed by atoms with van der Waals surface area (Å²) in [6, 6.07) is 5.37. The first-order valence-electron chi connectivity index (χ1n) is 7.22. The van der Waals surface area contributed by atoms with Crippen LogP contribution in [0.1, 0.15) is 38.8 Å². The fraction of sp³-hybridized carbons (Fsp3) is 0.625. The Morgan fingerprint density at radius 3 is 1.85 bits per heavy atom. The summed E-state index contributed by atoms with van der Waals surface area (Å²) in [7, 11) is -3.40. The van der Waals surface area contributed by atoms with Crippen molar-refractivity contribution in [3.05, 3.63) is 29.3 Å². The first kappa shape index (κ1) is 17.2. The second kappa shape index (κ2) is 6.72. The molecule has 0 aliphatic carbocycles. The smallest absolute Gasteiger partial charge is 0.207 e. The first-order valence-corrected chi connectivity index (χ1v) is 8.66. The second-order valence-electron chi connectivity index (χ2n) is 6.36. The minimum absolute atomic E-state index is 0.315. The van der Waals surface area contributed by atoms with Gasteiger partial charge in [-0.15, -0.1) is 0 Å². The Bertz CT molecular complexity index is 538. The van der Waals surface area contributed by atoms with Gasteiger partial charge in [-0.3, -0.25) is 0 Å². The fourth-order valence-corrected chi connectivity index (χ4v) is 3.96. The molecule has 0 heterocycles. The van der Waals surface area contributed by atoms with Gasteiger partial charge in [-0.1, -0.05) is 33.8 Å². The molecule has 114 valence electrons. The fourth-order valence-electron chi connectivity index (χ4n) is 2.11. The first-order chi connectivity index (χ1) is 9.14. The van der Waals surface area contributed by atoms with Gasteiger partial charge in [0, 0.05) is 13.1 Å². The molecule has 0 saturated carbocycles. The van der Waals surface area contributed by atoms with Gasteiger partial charge in [0.2, 0.25) is 10.0 Å². The summed E-state index contributed by atoms with van der Waals surface area (Å²) in [6.07, 6.45) is 0. The van der Waals surface area contributed by atoms with Crippen LogP contribution in [-0.2, 0) is 10.0 Å². The molecule has 0 atom stereocenters. The quantitative estimate of drug-likeness (QED) is 0.804. The SMILES string of the molecule is Cc1ccc(S(=O)(=O)N(CC(C)C)CC(C)C)cc1C. The largest absolute Gasteiger partial charge is 0.243 e. The van der Waals surface area contributed by atoms with Crippen molar-refractivity contribution in [1.82, 2.24) is 4.31 Å². The molecule has 0 aromatic heterocycles. The Kier molecular flexibility index (Phi) is 5.78. The van der Waals surface area contributed by atoms with E-state index in [1.807, 2.05) is 47.6 Å². The van der Waals surface area contributed by atoms with Crippen molar-refractivity contribution in [2.75, 3.05) is 13.1 Å². The molecular formula is C16H27NO2S. The van der Waals surface area contributed by atoms with Crippen molar-refractivity contribution in [2.45, 2.75) is 46.4 Å². The zero-order valence-corrected chi connectivity index (χ0v) is 14.3. The third kappa shape index (κ3) is 4.32. The third-order valence-corrected chi connectivity index (χ3v) is 5.08. The second-order valence-corrected chi connectivity index (χ2v) is 8.29. The molecule has 0 spiro atoms. The van der Waals surface area contributed by atoms with E-state index >= 15 is 0 Å². The predicted molar refractivity (Wildman–Crippen MR) is 84.4 cm³/mol.